The molecule has 0 saturated carbocycles. The molecule has 1 fully saturated rings. The third kappa shape index (κ3) is 3.61. The molecule has 1 saturated heterocycles. The minimum atomic E-state index is -0.0420. The predicted molar refractivity (Wildman–Crippen MR) is 121 cm³/mol. The van der Waals surface area contributed by atoms with Gasteiger partial charge in [0.2, 0.25) is 5.91 Å². The number of para-hydroxylation sites is 1. The lowest BCUT2D eigenvalue weighted by Gasteiger charge is -2.35. The van der Waals surface area contributed by atoms with E-state index in [1.54, 1.807) is 6.20 Å². The Morgan fingerprint density at radius 1 is 1.13 bits per heavy atom. The van der Waals surface area contributed by atoms with E-state index in [-0.39, 0.29) is 18.1 Å². The summed E-state index contributed by atoms with van der Waals surface area (Å²) in [5, 5.41) is 3.66. The Bertz CT molecular complexity index is 1070. The Balaban J connectivity index is 1.40. The largest absolute Gasteiger partial charge is 0.457 e. The van der Waals surface area contributed by atoms with E-state index in [1.165, 1.54) is 6.08 Å². The van der Waals surface area contributed by atoms with Gasteiger partial charge in [0.1, 0.15) is 17.7 Å². The first-order valence-electron chi connectivity index (χ1n) is 10.5. The van der Waals surface area contributed by atoms with Crippen LogP contribution in [0.3, 0.4) is 0 Å². The van der Waals surface area contributed by atoms with Crippen molar-refractivity contribution in [3.8, 4) is 11.5 Å². The van der Waals surface area contributed by atoms with E-state index in [2.05, 4.69) is 21.8 Å². The predicted octanol–water partition coefficient (Wildman–Crippen LogP) is 4.11. The van der Waals surface area contributed by atoms with E-state index in [0.717, 1.165) is 47.8 Å². The van der Waals surface area contributed by atoms with Crippen molar-refractivity contribution in [2.45, 2.75) is 25.0 Å². The van der Waals surface area contributed by atoms with Crippen molar-refractivity contribution in [2.24, 2.45) is 4.99 Å². The van der Waals surface area contributed by atoms with Gasteiger partial charge in [-0.25, -0.2) is 0 Å². The van der Waals surface area contributed by atoms with Crippen LogP contribution < -0.4 is 10.1 Å². The Morgan fingerprint density at radius 2 is 1.90 bits per heavy atom. The third-order valence-electron chi connectivity index (χ3n) is 5.88. The Hall–Kier alpha value is -3.80. The van der Waals surface area contributed by atoms with Crippen LogP contribution in [0.5, 0.6) is 11.5 Å². The zero-order chi connectivity index (χ0) is 21.2. The molecule has 2 unspecified atom stereocenters. The normalized spacial score (nSPS) is 21.8. The van der Waals surface area contributed by atoms with Gasteiger partial charge in [0.05, 0.1) is 23.7 Å². The van der Waals surface area contributed by atoms with E-state index in [9.17, 15) is 4.79 Å². The van der Waals surface area contributed by atoms with Crippen LogP contribution in [0, 0.1) is 0 Å². The Kier molecular flexibility index (Phi) is 5.04. The minimum absolute atomic E-state index is 0.0173. The molecular formula is C25H24N4O2. The summed E-state index contributed by atoms with van der Waals surface area (Å²) in [7, 11) is 0. The van der Waals surface area contributed by atoms with Crippen molar-refractivity contribution in [1.82, 2.24) is 15.1 Å². The molecule has 0 aromatic heterocycles. The number of amides is 1. The maximum Gasteiger partial charge on any atom is 0.246 e. The number of hydrogen-bond acceptors (Lipinski definition) is 5. The molecule has 3 aliphatic heterocycles. The highest BCUT2D eigenvalue weighted by atomic mass is 16.5. The minimum Gasteiger partial charge on any atom is -0.457 e. The molecule has 0 aliphatic carbocycles. The monoisotopic (exact) mass is 412 g/mol. The zero-order valence-corrected chi connectivity index (χ0v) is 17.1. The van der Waals surface area contributed by atoms with E-state index in [4.69, 9.17) is 4.74 Å². The van der Waals surface area contributed by atoms with E-state index in [1.807, 2.05) is 71.9 Å². The molecule has 2 aromatic carbocycles. The number of likely N-dealkylation sites (tertiary alicyclic amines) is 1. The number of benzene rings is 2. The number of ether oxygens (including phenoxy) is 1. The van der Waals surface area contributed by atoms with E-state index >= 15 is 0 Å². The van der Waals surface area contributed by atoms with Crippen molar-refractivity contribution in [3.63, 3.8) is 0 Å². The lowest BCUT2D eigenvalue weighted by atomic mass is 10.1. The van der Waals surface area contributed by atoms with Crippen LogP contribution in [-0.2, 0) is 4.79 Å². The molecule has 6 heteroatoms. The number of fused-ring (bicyclic) bond motifs is 1. The second-order valence-corrected chi connectivity index (χ2v) is 7.72. The molecule has 2 atom stereocenters. The first-order valence-corrected chi connectivity index (χ1v) is 10.5. The molecule has 31 heavy (non-hydrogen) atoms. The van der Waals surface area contributed by atoms with Gasteiger partial charge in [0.25, 0.3) is 0 Å². The van der Waals surface area contributed by atoms with Gasteiger partial charge >= 0.3 is 0 Å². The molecule has 0 bridgehead atoms. The summed E-state index contributed by atoms with van der Waals surface area (Å²) in [5.41, 5.74) is 3.05. The van der Waals surface area contributed by atoms with Crippen LogP contribution in [0.25, 0.3) is 5.70 Å². The summed E-state index contributed by atoms with van der Waals surface area (Å²) >= 11 is 0. The lowest BCUT2D eigenvalue weighted by molar-refractivity contribution is -0.127. The summed E-state index contributed by atoms with van der Waals surface area (Å²) < 4.78 is 5.92. The van der Waals surface area contributed by atoms with Crippen LogP contribution in [0.4, 0.5) is 0 Å². The summed E-state index contributed by atoms with van der Waals surface area (Å²) in [6.45, 7) is 4.43. The van der Waals surface area contributed by atoms with Crippen LogP contribution >= 0.6 is 0 Å². The zero-order valence-electron chi connectivity index (χ0n) is 17.1. The molecular weight excluding hydrogens is 388 g/mol. The molecule has 3 aliphatic rings. The highest BCUT2D eigenvalue weighted by Gasteiger charge is 2.41. The molecule has 0 radical (unpaired) electrons. The third-order valence-corrected chi connectivity index (χ3v) is 5.88. The highest BCUT2D eigenvalue weighted by molar-refractivity contribution is 5.93. The van der Waals surface area contributed by atoms with Crippen molar-refractivity contribution < 1.29 is 9.53 Å². The number of nitrogens with one attached hydrogen (secondary N) is 1. The summed E-state index contributed by atoms with van der Waals surface area (Å²) in [4.78, 5) is 20.8. The van der Waals surface area contributed by atoms with Crippen molar-refractivity contribution in [1.29, 1.82) is 0 Å². The van der Waals surface area contributed by atoms with Gasteiger partial charge in [-0.05, 0) is 55.3 Å². The number of allylic oxidation sites excluding steroid dienone is 1. The van der Waals surface area contributed by atoms with E-state index < -0.39 is 0 Å². The average Bonchev–Trinajstić information content (AvgIpc) is 3.45. The standard InChI is InChI=1S/C25H24N4O2/c1-2-23(30)28-15-6-9-21(28)25-27-24(22-17-26-14-16-29(22)25)18-10-12-20(13-11-18)31-19-7-4-3-5-8-19/h2-5,7-8,10-14,16-17,21,25,27H,1,6,9,15H2. The van der Waals surface area contributed by atoms with Gasteiger partial charge in [-0.1, -0.05) is 24.8 Å². The van der Waals surface area contributed by atoms with Crippen molar-refractivity contribution in [3.05, 3.63) is 90.9 Å². The van der Waals surface area contributed by atoms with Crippen LogP contribution in [0.2, 0.25) is 0 Å². The quantitative estimate of drug-likeness (QED) is 0.751. The number of rotatable bonds is 5. The fourth-order valence-electron chi connectivity index (χ4n) is 4.44. The molecule has 1 amide bonds. The molecule has 5 rings (SSSR count). The summed E-state index contributed by atoms with van der Waals surface area (Å²) in [6.07, 6.45) is 8.92. The summed E-state index contributed by atoms with van der Waals surface area (Å²) in [6, 6.07) is 17.8. The average molecular weight is 412 g/mol. The number of nitrogens with zero attached hydrogens (tertiary/aromatic N) is 3. The second-order valence-electron chi connectivity index (χ2n) is 7.72. The molecule has 156 valence electrons. The lowest BCUT2D eigenvalue weighted by Crippen LogP contribution is -2.52. The van der Waals surface area contributed by atoms with Crippen LogP contribution in [0.1, 0.15) is 18.4 Å². The molecule has 1 N–H and O–H groups in total. The fraction of sp³-hybridized carbons (Fsp3) is 0.200. The molecule has 2 aromatic rings. The molecule has 0 spiro atoms. The number of aliphatic imine (C=N–C) groups is 1. The van der Waals surface area contributed by atoms with Gasteiger partial charge in [-0.3, -0.25) is 9.79 Å². The van der Waals surface area contributed by atoms with Gasteiger partial charge in [0, 0.05) is 24.5 Å². The smallest absolute Gasteiger partial charge is 0.246 e. The van der Waals surface area contributed by atoms with Crippen LogP contribution in [0.15, 0.2) is 90.3 Å². The highest BCUT2D eigenvalue weighted by Crippen LogP contribution is 2.35. The van der Waals surface area contributed by atoms with Crippen molar-refractivity contribution >= 4 is 17.8 Å². The van der Waals surface area contributed by atoms with Gasteiger partial charge in [0.15, 0.2) is 0 Å². The Labute approximate surface area is 181 Å². The first kappa shape index (κ1) is 19.2. The number of carbonyl (C=O) groups excluding carboxylic acids is 1. The van der Waals surface area contributed by atoms with Crippen LogP contribution in [-0.4, -0.2) is 40.7 Å². The molecule has 3 heterocycles. The SMILES string of the molecule is C=CC(=O)N1CCCC1C1NC(c2ccc(Oc3ccccc3)cc2)=C2C=NC=CN21. The second kappa shape index (κ2) is 8.14. The van der Waals surface area contributed by atoms with Crippen molar-refractivity contribution in [2.75, 3.05) is 6.54 Å². The Morgan fingerprint density at radius 3 is 2.68 bits per heavy atom. The van der Waals surface area contributed by atoms with Gasteiger partial charge in [-0.15, -0.1) is 0 Å². The first-order chi connectivity index (χ1) is 15.2. The van der Waals surface area contributed by atoms with Gasteiger partial charge < -0.3 is 19.9 Å². The number of carbonyl (C=O) groups is 1. The molecule has 6 nitrogen and oxygen atoms in total. The summed E-state index contributed by atoms with van der Waals surface area (Å²) in [5.74, 6) is 1.57. The number of hydrogen-bond donors (Lipinski definition) is 1. The van der Waals surface area contributed by atoms with E-state index in [0.29, 0.717) is 0 Å². The maximum atomic E-state index is 12.4. The fourth-order valence-corrected chi connectivity index (χ4v) is 4.44. The maximum absolute atomic E-state index is 12.4. The van der Waals surface area contributed by atoms with Gasteiger partial charge in [-0.2, -0.15) is 0 Å². The topological polar surface area (TPSA) is 57.2 Å².